The number of nitrogens with one attached hydrogen (secondary N) is 1. The molecule has 24 heavy (non-hydrogen) atoms. The van der Waals surface area contributed by atoms with Gasteiger partial charge in [-0.25, -0.2) is 0 Å². The normalized spacial score (nSPS) is 29.3. The van der Waals surface area contributed by atoms with E-state index in [9.17, 15) is 4.79 Å². The van der Waals surface area contributed by atoms with E-state index < -0.39 is 0 Å². The Kier molecular flexibility index (Phi) is 3.35. The summed E-state index contributed by atoms with van der Waals surface area (Å²) in [5.41, 5.74) is 3.45. The molecule has 2 aliphatic rings. The second-order valence-corrected chi connectivity index (χ2v) is 8.83. The zero-order valence-corrected chi connectivity index (χ0v) is 15.2. The third-order valence-electron chi connectivity index (χ3n) is 6.59. The van der Waals surface area contributed by atoms with Crippen LogP contribution >= 0.6 is 0 Å². The van der Waals surface area contributed by atoms with E-state index in [0.717, 1.165) is 18.0 Å². The van der Waals surface area contributed by atoms with Crippen molar-refractivity contribution in [3.63, 3.8) is 0 Å². The highest BCUT2D eigenvalue weighted by molar-refractivity contribution is 5.81. The number of carbonyl (C=O) groups excluding carboxylic acids is 1. The van der Waals surface area contributed by atoms with E-state index in [4.69, 9.17) is 0 Å². The number of fused-ring (bicyclic) bond motifs is 3. The largest absolute Gasteiger partial charge is 0.345 e. The number of nitrogens with zero attached hydrogens (tertiary/aromatic N) is 1. The van der Waals surface area contributed by atoms with Gasteiger partial charge in [-0.3, -0.25) is 4.79 Å². The van der Waals surface area contributed by atoms with Crippen LogP contribution in [0.3, 0.4) is 0 Å². The van der Waals surface area contributed by atoms with E-state index >= 15 is 0 Å². The predicted octanol–water partition coefficient (Wildman–Crippen LogP) is 4.43. The number of hydrogen-bond donors (Lipinski definition) is 1. The maximum atomic E-state index is 13.0. The summed E-state index contributed by atoms with van der Waals surface area (Å²) in [6, 6.07) is 8.49. The smallest absolute Gasteiger partial charge is 0.224 e. The summed E-state index contributed by atoms with van der Waals surface area (Å²) in [6.07, 6.45) is 6.92. The molecule has 2 heterocycles. The van der Waals surface area contributed by atoms with Crippen molar-refractivity contribution in [1.82, 2.24) is 9.72 Å². The van der Waals surface area contributed by atoms with Crippen molar-refractivity contribution in [3.8, 4) is 0 Å². The second kappa shape index (κ2) is 5.11. The molecule has 0 aromatic carbocycles. The number of rotatable bonds is 3. The first-order valence-corrected chi connectivity index (χ1v) is 9.19. The van der Waals surface area contributed by atoms with Gasteiger partial charge >= 0.3 is 0 Å². The maximum Gasteiger partial charge on any atom is 0.224 e. The van der Waals surface area contributed by atoms with Gasteiger partial charge in [0.25, 0.3) is 0 Å². The van der Waals surface area contributed by atoms with Gasteiger partial charge in [0.2, 0.25) is 5.91 Å². The first-order chi connectivity index (χ1) is 11.3. The molecule has 0 unspecified atom stereocenters. The molecule has 2 bridgehead atoms. The summed E-state index contributed by atoms with van der Waals surface area (Å²) in [5.74, 6) is 1.20. The van der Waals surface area contributed by atoms with Gasteiger partial charge in [-0.2, -0.15) is 0 Å². The lowest BCUT2D eigenvalue weighted by Crippen LogP contribution is -2.47. The molecular formula is C21H28N2O. The molecule has 3 atom stereocenters. The van der Waals surface area contributed by atoms with Gasteiger partial charge in [0.15, 0.2) is 0 Å². The van der Waals surface area contributed by atoms with Gasteiger partial charge in [0.1, 0.15) is 0 Å². The zero-order valence-electron chi connectivity index (χ0n) is 15.2. The standard InChI is InChI=1S/C21H28N2O/c1-14-6-5-11-23-17(14)7-8-18(23)20(2,3)22-19(24)16-12-15-9-10-21(16,4)13-15/h5-8,11,15-16H,9-10,12-13H2,1-4H3,(H,22,24)/t15-,16-,21-/m0/s1. The Morgan fingerprint density at radius 1 is 1.33 bits per heavy atom. The molecule has 128 valence electrons. The van der Waals surface area contributed by atoms with E-state index in [0.29, 0.717) is 0 Å². The van der Waals surface area contributed by atoms with Gasteiger partial charge in [-0.05, 0) is 81.5 Å². The molecule has 0 radical (unpaired) electrons. The van der Waals surface area contributed by atoms with Gasteiger partial charge in [0, 0.05) is 23.3 Å². The van der Waals surface area contributed by atoms with Crippen LogP contribution in [0.25, 0.3) is 5.52 Å². The van der Waals surface area contributed by atoms with Crippen molar-refractivity contribution in [2.75, 3.05) is 0 Å². The Morgan fingerprint density at radius 3 is 2.79 bits per heavy atom. The fourth-order valence-corrected chi connectivity index (χ4v) is 5.21. The van der Waals surface area contributed by atoms with E-state index in [-0.39, 0.29) is 22.8 Å². The number of hydrogen-bond acceptors (Lipinski definition) is 1. The Labute approximate surface area is 144 Å². The lowest BCUT2D eigenvalue weighted by molar-refractivity contribution is -0.130. The minimum Gasteiger partial charge on any atom is -0.345 e. The van der Waals surface area contributed by atoms with Crippen LogP contribution in [-0.4, -0.2) is 10.3 Å². The van der Waals surface area contributed by atoms with Crippen molar-refractivity contribution in [2.24, 2.45) is 17.3 Å². The van der Waals surface area contributed by atoms with Crippen LogP contribution in [-0.2, 0) is 10.3 Å². The van der Waals surface area contributed by atoms with E-state index in [1.807, 2.05) is 0 Å². The molecule has 4 rings (SSSR count). The first kappa shape index (κ1) is 15.7. The molecule has 2 aliphatic carbocycles. The van der Waals surface area contributed by atoms with Crippen LogP contribution < -0.4 is 5.32 Å². The second-order valence-electron chi connectivity index (χ2n) is 8.83. The van der Waals surface area contributed by atoms with Crippen molar-refractivity contribution in [3.05, 3.63) is 41.7 Å². The van der Waals surface area contributed by atoms with Crippen molar-refractivity contribution >= 4 is 11.4 Å². The minimum atomic E-state index is -0.379. The van der Waals surface area contributed by atoms with E-state index in [1.165, 1.54) is 30.3 Å². The number of aryl methyl sites for hydroxylation is 1. The fraction of sp³-hybridized carbons (Fsp3) is 0.571. The summed E-state index contributed by atoms with van der Waals surface area (Å²) in [5, 5.41) is 3.36. The molecule has 2 saturated carbocycles. The number of pyridine rings is 1. The predicted molar refractivity (Wildman–Crippen MR) is 96.9 cm³/mol. The molecule has 0 saturated heterocycles. The maximum absolute atomic E-state index is 13.0. The summed E-state index contributed by atoms with van der Waals surface area (Å²) >= 11 is 0. The van der Waals surface area contributed by atoms with Gasteiger partial charge in [-0.1, -0.05) is 13.0 Å². The summed E-state index contributed by atoms with van der Waals surface area (Å²) < 4.78 is 2.21. The molecule has 1 N–H and O–H groups in total. The highest BCUT2D eigenvalue weighted by Crippen LogP contribution is 2.57. The molecule has 3 nitrogen and oxygen atoms in total. The lowest BCUT2D eigenvalue weighted by Gasteiger charge is -2.34. The number of amides is 1. The van der Waals surface area contributed by atoms with Crippen LogP contribution in [0.2, 0.25) is 0 Å². The monoisotopic (exact) mass is 324 g/mol. The molecule has 2 fully saturated rings. The Balaban J connectivity index is 1.61. The van der Waals surface area contributed by atoms with Crippen molar-refractivity contribution in [2.45, 2.75) is 58.9 Å². The number of carbonyl (C=O) groups is 1. The van der Waals surface area contributed by atoms with Crippen LogP contribution in [0.5, 0.6) is 0 Å². The highest BCUT2D eigenvalue weighted by Gasteiger charge is 2.52. The molecule has 1 amide bonds. The van der Waals surface area contributed by atoms with Gasteiger partial charge in [0.05, 0.1) is 5.54 Å². The van der Waals surface area contributed by atoms with Gasteiger partial charge in [-0.15, -0.1) is 0 Å². The third kappa shape index (κ3) is 2.28. The van der Waals surface area contributed by atoms with Crippen molar-refractivity contribution < 1.29 is 4.79 Å². The highest BCUT2D eigenvalue weighted by atomic mass is 16.2. The molecule has 3 heteroatoms. The molecule has 2 aromatic heterocycles. The van der Waals surface area contributed by atoms with Crippen LogP contribution in [0.1, 0.15) is 57.7 Å². The summed E-state index contributed by atoms with van der Waals surface area (Å²) in [6.45, 7) is 8.67. The zero-order chi connectivity index (χ0) is 17.1. The van der Waals surface area contributed by atoms with E-state index in [1.54, 1.807) is 0 Å². The summed E-state index contributed by atoms with van der Waals surface area (Å²) in [4.78, 5) is 13.0. The third-order valence-corrected chi connectivity index (χ3v) is 6.59. The Hall–Kier alpha value is -1.77. The minimum absolute atomic E-state index is 0.184. The first-order valence-electron chi connectivity index (χ1n) is 9.19. The van der Waals surface area contributed by atoms with Crippen LogP contribution in [0.15, 0.2) is 30.5 Å². The lowest BCUT2D eigenvalue weighted by atomic mass is 9.76. The Morgan fingerprint density at radius 2 is 2.12 bits per heavy atom. The van der Waals surface area contributed by atoms with Crippen LogP contribution in [0.4, 0.5) is 0 Å². The van der Waals surface area contributed by atoms with Gasteiger partial charge < -0.3 is 9.72 Å². The average Bonchev–Trinajstić information content (AvgIpc) is 3.17. The average molecular weight is 324 g/mol. The summed E-state index contributed by atoms with van der Waals surface area (Å²) in [7, 11) is 0. The SMILES string of the molecule is Cc1cccn2c(C(C)(C)NC(=O)[C@@H]3C[C@@H]4CC[C@@]3(C)C4)ccc12. The fourth-order valence-electron chi connectivity index (χ4n) is 5.21. The molecule has 0 aliphatic heterocycles. The quantitative estimate of drug-likeness (QED) is 0.890. The topological polar surface area (TPSA) is 33.5 Å². The molecular weight excluding hydrogens is 296 g/mol. The Bertz CT molecular complexity index is 803. The van der Waals surface area contributed by atoms with Crippen LogP contribution in [0, 0.1) is 24.2 Å². The van der Waals surface area contributed by atoms with E-state index in [2.05, 4.69) is 67.9 Å². The molecule has 0 spiro atoms. The van der Waals surface area contributed by atoms with Crippen molar-refractivity contribution in [1.29, 1.82) is 0 Å². The number of aromatic nitrogens is 1. The molecule has 2 aromatic rings.